The van der Waals surface area contributed by atoms with Crippen LogP contribution in [0.3, 0.4) is 0 Å². The molecule has 0 saturated carbocycles. The van der Waals surface area contributed by atoms with E-state index in [9.17, 15) is 10.0 Å². The normalized spacial score (nSPS) is 23.6. The summed E-state index contributed by atoms with van der Waals surface area (Å²) in [7, 11) is -1.33. The molecule has 0 aromatic carbocycles. The Bertz CT molecular complexity index is 348. The molecule has 2 aliphatic carbocycles. The average Bonchev–Trinajstić information content (AvgIpc) is 2.39. The molecule has 0 aromatic heterocycles. The summed E-state index contributed by atoms with van der Waals surface area (Å²) in [5.41, 5.74) is 3.04. The minimum atomic E-state index is -1.33. The highest BCUT2D eigenvalue weighted by Gasteiger charge is 2.39. The van der Waals surface area contributed by atoms with Gasteiger partial charge in [0.15, 0.2) is 0 Å². The molecule has 0 spiro atoms. The number of hydrogen-bond donors (Lipinski definition) is 2. The summed E-state index contributed by atoms with van der Waals surface area (Å²) in [5, 5.41) is 18.5. The fourth-order valence-electron chi connectivity index (χ4n) is 2.41. The fraction of sp³-hybridized carbons (Fsp3) is 0.455. The van der Waals surface area contributed by atoms with Crippen LogP contribution in [0.4, 0.5) is 0 Å². The molecule has 2 aliphatic rings. The van der Waals surface area contributed by atoms with Crippen molar-refractivity contribution in [2.45, 2.75) is 26.7 Å². The number of hydrogen-bond acceptors (Lipinski definition) is 2. The van der Waals surface area contributed by atoms with Gasteiger partial charge in [0.05, 0.1) is 0 Å². The van der Waals surface area contributed by atoms with Crippen molar-refractivity contribution >= 4 is 7.12 Å². The molecule has 2 nitrogen and oxygen atoms in total. The monoisotopic (exact) mass is 190 g/mol. The predicted octanol–water partition coefficient (Wildman–Crippen LogP) is 1.61. The fourth-order valence-corrected chi connectivity index (χ4v) is 2.41. The van der Waals surface area contributed by atoms with Crippen molar-refractivity contribution in [2.24, 2.45) is 5.41 Å². The maximum absolute atomic E-state index is 9.27. The smallest absolute Gasteiger partial charge is 0.423 e. The van der Waals surface area contributed by atoms with Gasteiger partial charge in [0.1, 0.15) is 0 Å². The Morgan fingerprint density at radius 1 is 1.36 bits per heavy atom. The van der Waals surface area contributed by atoms with E-state index in [0.717, 1.165) is 12.8 Å². The molecule has 2 rings (SSSR count). The van der Waals surface area contributed by atoms with Gasteiger partial charge in [0, 0.05) is 5.41 Å². The van der Waals surface area contributed by atoms with Gasteiger partial charge < -0.3 is 10.0 Å². The lowest BCUT2D eigenvalue weighted by atomic mass is 9.63. The third-order valence-electron chi connectivity index (χ3n) is 3.27. The van der Waals surface area contributed by atoms with E-state index in [1.807, 2.05) is 6.08 Å². The zero-order chi connectivity index (χ0) is 10.3. The van der Waals surface area contributed by atoms with E-state index in [4.69, 9.17) is 0 Å². The van der Waals surface area contributed by atoms with Crippen LogP contribution in [-0.4, -0.2) is 17.2 Å². The molecule has 74 valence electrons. The molecule has 0 aromatic rings. The highest BCUT2D eigenvalue weighted by atomic mass is 16.4. The standard InChI is InChI=1S/C11H15BO2/c1-11(2)9-6-4-3-5-8(9)7-10(11)12(13)14/h3,5,7,13-14H,4,6H2,1-2H3. The summed E-state index contributed by atoms with van der Waals surface area (Å²) < 4.78 is 0. The molecule has 0 atom stereocenters. The van der Waals surface area contributed by atoms with E-state index in [0.29, 0.717) is 5.47 Å². The Hall–Kier alpha value is -0.795. The molecule has 0 fully saturated rings. The molecule has 0 saturated heterocycles. The van der Waals surface area contributed by atoms with E-state index in [-0.39, 0.29) is 5.41 Å². The lowest BCUT2D eigenvalue weighted by molar-refractivity contribution is 0.398. The molecule has 0 bridgehead atoms. The molecule has 0 aliphatic heterocycles. The molecule has 0 amide bonds. The van der Waals surface area contributed by atoms with Gasteiger partial charge in [-0.05, 0) is 23.9 Å². The maximum atomic E-state index is 9.27. The van der Waals surface area contributed by atoms with Crippen molar-refractivity contribution in [1.29, 1.82) is 0 Å². The van der Waals surface area contributed by atoms with Crippen molar-refractivity contribution in [2.75, 3.05) is 0 Å². The zero-order valence-corrected chi connectivity index (χ0v) is 8.62. The maximum Gasteiger partial charge on any atom is 0.485 e. The molecular weight excluding hydrogens is 175 g/mol. The highest BCUT2D eigenvalue weighted by molar-refractivity contribution is 6.51. The Morgan fingerprint density at radius 2 is 2.07 bits per heavy atom. The summed E-state index contributed by atoms with van der Waals surface area (Å²) in [6, 6.07) is 0. The predicted molar refractivity (Wildman–Crippen MR) is 57.5 cm³/mol. The summed E-state index contributed by atoms with van der Waals surface area (Å²) >= 11 is 0. The van der Waals surface area contributed by atoms with Crippen LogP contribution in [0.15, 0.2) is 34.8 Å². The first-order chi connectivity index (χ1) is 6.53. The average molecular weight is 190 g/mol. The van der Waals surface area contributed by atoms with E-state index >= 15 is 0 Å². The van der Waals surface area contributed by atoms with Gasteiger partial charge >= 0.3 is 7.12 Å². The Labute approximate surface area is 84.8 Å². The van der Waals surface area contributed by atoms with Crippen LogP contribution >= 0.6 is 0 Å². The van der Waals surface area contributed by atoms with Crippen LogP contribution in [-0.2, 0) is 0 Å². The first-order valence-electron chi connectivity index (χ1n) is 5.02. The topological polar surface area (TPSA) is 40.5 Å². The van der Waals surface area contributed by atoms with Gasteiger partial charge in [-0.25, -0.2) is 0 Å². The van der Waals surface area contributed by atoms with Crippen LogP contribution in [0.25, 0.3) is 0 Å². The van der Waals surface area contributed by atoms with Gasteiger partial charge in [0.25, 0.3) is 0 Å². The summed E-state index contributed by atoms with van der Waals surface area (Å²) in [4.78, 5) is 0. The van der Waals surface area contributed by atoms with E-state index < -0.39 is 7.12 Å². The first kappa shape index (κ1) is 9.75. The van der Waals surface area contributed by atoms with Gasteiger partial charge in [-0.15, -0.1) is 0 Å². The lowest BCUT2D eigenvalue weighted by Gasteiger charge is -2.28. The largest absolute Gasteiger partial charge is 0.485 e. The van der Waals surface area contributed by atoms with Crippen LogP contribution in [0.2, 0.25) is 0 Å². The van der Waals surface area contributed by atoms with Crippen LogP contribution in [0, 0.1) is 5.41 Å². The quantitative estimate of drug-likeness (QED) is 0.616. The first-order valence-corrected chi connectivity index (χ1v) is 5.02. The summed E-state index contributed by atoms with van der Waals surface area (Å²) in [6.07, 6.45) is 8.22. The molecular formula is C11H15BO2. The Balaban J connectivity index is 2.42. The van der Waals surface area contributed by atoms with Gasteiger partial charge in [-0.1, -0.05) is 37.6 Å². The Morgan fingerprint density at radius 3 is 2.64 bits per heavy atom. The third kappa shape index (κ3) is 1.28. The third-order valence-corrected chi connectivity index (χ3v) is 3.27. The number of rotatable bonds is 1. The molecule has 0 heterocycles. The minimum Gasteiger partial charge on any atom is -0.423 e. The number of allylic oxidation sites excluding steroid dienone is 6. The SMILES string of the molecule is CC1(C)C(B(O)O)=CC2=C1CCC=C2. The van der Waals surface area contributed by atoms with E-state index in [1.165, 1.54) is 11.1 Å². The molecule has 0 radical (unpaired) electrons. The second kappa shape index (κ2) is 3.11. The van der Waals surface area contributed by atoms with Crippen LogP contribution in [0.1, 0.15) is 26.7 Å². The second-order valence-corrected chi connectivity index (χ2v) is 4.47. The molecule has 0 unspecified atom stereocenters. The van der Waals surface area contributed by atoms with E-state index in [2.05, 4.69) is 26.0 Å². The van der Waals surface area contributed by atoms with E-state index in [1.54, 1.807) is 0 Å². The molecule has 2 N–H and O–H groups in total. The van der Waals surface area contributed by atoms with Crippen molar-refractivity contribution in [1.82, 2.24) is 0 Å². The molecule has 3 heteroatoms. The van der Waals surface area contributed by atoms with Gasteiger partial charge in [-0.2, -0.15) is 0 Å². The molecule has 14 heavy (non-hydrogen) atoms. The highest BCUT2D eigenvalue weighted by Crippen LogP contribution is 2.46. The van der Waals surface area contributed by atoms with Crippen molar-refractivity contribution in [3.05, 3.63) is 34.8 Å². The Kier molecular flexibility index (Phi) is 2.16. The van der Waals surface area contributed by atoms with Crippen molar-refractivity contribution < 1.29 is 10.0 Å². The summed E-state index contributed by atoms with van der Waals surface area (Å²) in [5.74, 6) is 0. The van der Waals surface area contributed by atoms with Crippen LogP contribution < -0.4 is 0 Å². The van der Waals surface area contributed by atoms with Gasteiger partial charge in [0.2, 0.25) is 0 Å². The van der Waals surface area contributed by atoms with Crippen LogP contribution in [0.5, 0.6) is 0 Å². The van der Waals surface area contributed by atoms with Crippen molar-refractivity contribution in [3.8, 4) is 0 Å². The van der Waals surface area contributed by atoms with Gasteiger partial charge in [-0.3, -0.25) is 0 Å². The minimum absolute atomic E-state index is 0.186. The second-order valence-electron chi connectivity index (χ2n) is 4.47. The zero-order valence-electron chi connectivity index (χ0n) is 8.62. The lowest BCUT2D eigenvalue weighted by Crippen LogP contribution is -2.27. The summed E-state index contributed by atoms with van der Waals surface area (Å²) in [6.45, 7) is 4.11. The van der Waals surface area contributed by atoms with Crippen molar-refractivity contribution in [3.63, 3.8) is 0 Å².